The van der Waals surface area contributed by atoms with Crippen molar-refractivity contribution in [2.24, 2.45) is 0 Å². The SMILES string of the molecule is CC1SCCC1S(=O)(=O)C1CCSC1C. The molecule has 0 bridgehead atoms. The monoisotopic (exact) mass is 266 g/mol. The number of rotatable bonds is 2. The van der Waals surface area contributed by atoms with Crippen LogP contribution in [-0.2, 0) is 9.84 Å². The van der Waals surface area contributed by atoms with Crippen molar-refractivity contribution in [3.63, 3.8) is 0 Å². The quantitative estimate of drug-likeness (QED) is 0.767. The Labute approximate surface area is 101 Å². The molecule has 88 valence electrons. The summed E-state index contributed by atoms with van der Waals surface area (Å²) in [7, 11) is -2.88. The van der Waals surface area contributed by atoms with Crippen LogP contribution >= 0.6 is 23.5 Å². The molecule has 4 atom stereocenters. The zero-order valence-corrected chi connectivity index (χ0v) is 11.6. The summed E-state index contributed by atoms with van der Waals surface area (Å²) in [6.07, 6.45) is 1.73. The van der Waals surface area contributed by atoms with E-state index in [1.165, 1.54) is 0 Å². The molecule has 0 aromatic heterocycles. The summed E-state index contributed by atoms with van der Waals surface area (Å²) in [6.45, 7) is 4.12. The molecule has 5 heteroatoms. The van der Waals surface area contributed by atoms with Gasteiger partial charge < -0.3 is 0 Å². The Hall–Kier alpha value is 0.650. The van der Waals surface area contributed by atoms with E-state index in [2.05, 4.69) is 13.8 Å². The number of sulfone groups is 1. The first-order valence-corrected chi connectivity index (χ1v) is 9.20. The van der Waals surface area contributed by atoms with Gasteiger partial charge in [-0.25, -0.2) is 8.42 Å². The van der Waals surface area contributed by atoms with Crippen molar-refractivity contribution in [2.45, 2.75) is 47.7 Å². The summed E-state index contributed by atoms with van der Waals surface area (Å²) >= 11 is 3.61. The van der Waals surface area contributed by atoms with Crippen molar-refractivity contribution in [3.8, 4) is 0 Å². The Kier molecular flexibility index (Phi) is 3.63. The van der Waals surface area contributed by atoms with Gasteiger partial charge in [-0.05, 0) is 24.3 Å². The van der Waals surface area contributed by atoms with Gasteiger partial charge in [0.2, 0.25) is 0 Å². The van der Waals surface area contributed by atoms with Crippen molar-refractivity contribution in [2.75, 3.05) is 11.5 Å². The Bertz CT molecular complexity index is 300. The van der Waals surface area contributed by atoms with Crippen LogP contribution in [0.25, 0.3) is 0 Å². The van der Waals surface area contributed by atoms with Crippen molar-refractivity contribution in [1.29, 1.82) is 0 Å². The molecule has 0 aromatic rings. The van der Waals surface area contributed by atoms with E-state index in [0.717, 1.165) is 24.3 Å². The van der Waals surface area contributed by atoms with E-state index < -0.39 is 9.84 Å². The van der Waals surface area contributed by atoms with Crippen LogP contribution < -0.4 is 0 Å². The molecule has 0 saturated carbocycles. The smallest absolute Gasteiger partial charge is 0.158 e. The van der Waals surface area contributed by atoms with Crippen LogP contribution in [0.15, 0.2) is 0 Å². The van der Waals surface area contributed by atoms with Gasteiger partial charge in [0.05, 0.1) is 10.5 Å². The van der Waals surface area contributed by atoms with Crippen molar-refractivity contribution in [1.82, 2.24) is 0 Å². The molecule has 2 heterocycles. The lowest BCUT2D eigenvalue weighted by molar-refractivity contribution is 0.559. The Morgan fingerprint density at radius 2 is 1.33 bits per heavy atom. The first kappa shape index (κ1) is 12.1. The van der Waals surface area contributed by atoms with Crippen LogP contribution in [0, 0.1) is 0 Å². The third-order valence-corrected chi connectivity index (χ3v) is 9.43. The van der Waals surface area contributed by atoms with Gasteiger partial charge in [-0.15, -0.1) is 0 Å². The van der Waals surface area contributed by atoms with Gasteiger partial charge in [0.15, 0.2) is 9.84 Å². The normalized spacial score (nSPS) is 42.3. The fraction of sp³-hybridized carbons (Fsp3) is 1.00. The number of thioether (sulfide) groups is 2. The van der Waals surface area contributed by atoms with Crippen LogP contribution in [0.1, 0.15) is 26.7 Å². The summed E-state index contributed by atoms with van der Waals surface area (Å²) in [5, 5.41) is 0.447. The average Bonchev–Trinajstić information content (AvgIpc) is 2.73. The van der Waals surface area contributed by atoms with E-state index in [-0.39, 0.29) is 10.5 Å². The third kappa shape index (κ3) is 2.20. The Balaban J connectivity index is 2.18. The zero-order valence-electron chi connectivity index (χ0n) is 9.18. The minimum Gasteiger partial charge on any atom is -0.228 e. The molecule has 0 amide bonds. The highest BCUT2D eigenvalue weighted by Crippen LogP contribution is 2.39. The molecule has 0 radical (unpaired) electrons. The highest BCUT2D eigenvalue weighted by atomic mass is 32.2. The molecule has 2 saturated heterocycles. The van der Waals surface area contributed by atoms with Crippen molar-refractivity contribution >= 4 is 33.4 Å². The second kappa shape index (κ2) is 4.49. The predicted molar refractivity (Wildman–Crippen MR) is 69.6 cm³/mol. The molecule has 2 fully saturated rings. The maximum absolute atomic E-state index is 12.4. The van der Waals surface area contributed by atoms with Crippen LogP contribution in [-0.4, -0.2) is 40.9 Å². The second-order valence-electron chi connectivity index (χ2n) is 4.40. The molecule has 0 N–H and O–H groups in total. The van der Waals surface area contributed by atoms with E-state index in [1.807, 2.05) is 0 Å². The van der Waals surface area contributed by atoms with E-state index in [4.69, 9.17) is 0 Å². The van der Waals surface area contributed by atoms with Crippen LogP contribution in [0.3, 0.4) is 0 Å². The third-order valence-electron chi connectivity index (χ3n) is 3.46. The summed E-state index contributed by atoms with van der Waals surface area (Å²) in [6, 6.07) is 0. The molecule has 4 unspecified atom stereocenters. The zero-order chi connectivity index (χ0) is 11.1. The van der Waals surface area contributed by atoms with Gasteiger partial charge in [-0.1, -0.05) is 13.8 Å². The lowest BCUT2D eigenvalue weighted by Gasteiger charge is -2.22. The standard InChI is InChI=1S/C10H18O2S3/c1-7-9(3-5-13-7)15(11,12)10-4-6-14-8(10)2/h7-10H,3-6H2,1-2H3. The average molecular weight is 266 g/mol. The molecule has 2 aliphatic rings. The Morgan fingerprint density at radius 1 is 0.933 bits per heavy atom. The topological polar surface area (TPSA) is 34.1 Å². The lowest BCUT2D eigenvalue weighted by Crippen LogP contribution is -2.37. The summed E-state index contributed by atoms with van der Waals surface area (Å²) < 4.78 is 24.9. The molecule has 0 aromatic carbocycles. The second-order valence-corrected chi connectivity index (χ2v) is 9.75. The van der Waals surface area contributed by atoms with Gasteiger partial charge in [0.1, 0.15) is 0 Å². The molecule has 2 nitrogen and oxygen atoms in total. The highest BCUT2D eigenvalue weighted by molar-refractivity contribution is 8.03. The van der Waals surface area contributed by atoms with E-state index in [0.29, 0.717) is 10.5 Å². The van der Waals surface area contributed by atoms with E-state index in [9.17, 15) is 8.42 Å². The first-order chi connectivity index (χ1) is 7.03. The minimum absolute atomic E-state index is 0.0753. The summed E-state index contributed by atoms with van der Waals surface area (Å²) in [5.74, 6) is 2.03. The fourth-order valence-corrected chi connectivity index (χ4v) is 8.85. The predicted octanol–water partition coefficient (Wildman–Crippen LogP) is 2.19. The van der Waals surface area contributed by atoms with Crippen LogP contribution in [0.5, 0.6) is 0 Å². The summed E-state index contributed by atoms with van der Waals surface area (Å²) in [4.78, 5) is 0. The van der Waals surface area contributed by atoms with E-state index in [1.54, 1.807) is 23.5 Å². The number of hydrogen-bond acceptors (Lipinski definition) is 4. The van der Waals surface area contributed by atoms with E-state index >= 15 is 0 Å². The molecule has 0 spiro atoms. The maximum Gasteiger partial charge on any atom is 0.158 e. The largest absolute Gasteiger partial charge is 0.228 e. The molecular weight excluding hydrogens is 248 g/mol. The van der Waals surface area contributed by atoms with Crippen LogP contribution in [0.2, 0.25) is 0 Å². The van der Waals surface area contributed by atoms with Crippen molar-refractivity contribution < 1.29 is 8.42 Å². The van der Waals surface area contributed by atoms with Gasteiger partial charge in [0.25, 0.3) is 0 Å². The van der Waals surface area contributed by atoms with Crippen molar-refractivity contribution in [3.05, 3.63) is 0 Å². The first-order valence-electron chi connectivity index (χ1n) is 5.49. The molecule has 15 heavy (non-hydrogen) atoms. The lowest BCUT2D eigenvalue weighted by atomic mass is 10.2. The van der Waals surface area contributed by atoms with Gasteiger partial charge in [-0.2, -0.15) is 23.5 Å². The summed E-state index contributed by atoms with van der Waals surface area (Å²) in [5.41, 5.74) is 0. The fourth-order valence-electron chi connectivity index (χ4n) is 2.51. The van der Waals surface area contributed by atoms with Gasteiger partial charge in [0, 0.05) is 10.5 Å². The Morgan fingerprint density at radius 3 is 1.60 bits per heavy atom. The van der Waals surface area contributed by atoms with Crippen LogP contribution in [0.4, 0.5) is 0 Å². The molecule has 0 aliphatic carbocycles. The molecule has 2 rings (SSSR count). The molecule has 2 aliphatic heterocycles. The number of hydrogen-bond donors (Lipinski definition) is 0. The minimum atomic E-state index is -2.88. The van der Waals surface area contributed by atoms with Gasteiger partial charge >= 0.3 is 0 Å². The van der Waals surface area contributed by atoms with Gasteiger partial charge in [-0.3, -0.25) is 0 Å². The maximum atomic E-state index is 12.4. The highest BCUT2D eigenvalue weighted by Gasteiger charge is 2.44. The molecular formula is C10H18O2S3.